The topological polar surface area (TPSA) is 86.8 Å². The zero-order chi connectivity index (χ0) is 26.3. The van der Waals surface area contributed by atoms with Crippen LogP contribution in [-0.4, -0.2) is 50.0 Å². The van der Waals surface area contributed by atoms with E-state index in [9.17, 15) is 18.0 Å². The highest BCUT2D eigenvalue weighted by Crippen LogP contribution is 2.31. The molecule has 2 rings (SSSR count). The SMILES string of the molecule is CC[C@H](C)NC(=O)[C@H](CC)N(Cc1ccc(Cl)cc1)C(=O)CN(c1cc(Cl)ccc1Cl)S(C)(=O)=O. The van der Waals surface area contributed by atoms with Gasteiger partial charge in [0.1, 0.15) is 12.6 Å². The van der Waals surface area contributed by atoms with Gasteiger partial charge in [0.15, 0.2) is 0 Å². The Morgan fingerprint density at radius 1 is 0.971 bits per heavy atom. The third-order valence-corrected chi connectivity index (χ3v) is 7.44. The fraction of sp³-hybridized carbons (Fsp3) is 0.417. The number of nitrogens with one attached hydrogen (secondary N) is 1. The highest BCUT2D eigenvalue weighted by molar-refractivity contribution is 7.92. The van der Waals surface area contributed by atoms with Crippen LogP contribution in [0.5, 0.6) is 0 Å². The van der Waals surface area contributed by atoms with Crippen molar-refractivity contribution in [3.63, 3.8) is 0 Å². The second kappa shape index (κ2) is 12.8. The first-order valence-electron chi connectivity index (χ1n) is 11.1. The van der Waals surface area contributed by atoms with Crippen molar-refractivity contribution in [2.24, 2.45) is 0 Å². The molecule has 0 bridgehead atoms. The first-order valence-corrected chi connectivity index (χ1v) is 14.1. The van der Waals surface area contributed by atoms with Gasteiger partial charge >= 0.3 is 0 Å². The molecule has 35 heavy (non-hydrogen) atoms. The lowest BCUT2D eigenvalue weighted by atomic mass is 10.1. The number of carbonyl (C=O) groups excluding carboxylic acids is 2. The summed E-state index contributed by atoms with van der Waals surface area (Å²) in [7, 11) is -3.92. The Balaban J connectivity index is 2.47. The van der Waals surface area contributed by atoms with Crippen molar-refractivity contribution in [2.75, 3.05) is 17.1 Å². The fourth-order valence-corrected chi connectivity index (χ4v) is 4.83. The third kappa shape index (κ3) is 8.27. The van der Waals surface area contributed by atoms with Crippen LogP contribution < -0.4 is 9.62 Å². The molecule has 2 aromatic carbocycles. The standard InChI is InChI=1S/C24H30Cl3N3O4S/c1-5-16(3)28-24(32)21(6-2)29(14-17-7-9-18(25)10-8-17)23(31)15-30(35(4,33)34)22-13-19(26)11-12-20(22)27/h7-13,16,21H,5-6,14-15H2,1-4H3,(H,28,32)/t16-,21-/m0/s1. The molecule has 2 atom stereocenters. The van der Waals surface area contributed by atoms with Gasteiger partial charge in [0.25, 0.3) is 0 Å². The summed E-state index contributed by atoms with van der Waals surface area (Å²) in [5.41, 5.74) is 0.822. The minimum absolute atomic E-state index is 0.0816. The van der Waals surface area contributed by atoms with Gasteiger partial charge in [-0.1, -0.05) is 60.8 Å². The van der Waals surface area contributed by atoms with E-state index in [4.69, 9.17) is 34.8 Å². The quantitative estimate of drug-likeness (QED) is 0.411. The molecule has 0 saturated carbocycles. The van der Waals surface area contributed by atoms with Crippen molar-refractivity contribution in [3.8, 4) is 0 Å². The maximum atomic E-state index is 13.6. The highest BCUT2D eigenvalue weighted by atomic mass is 35.5. The summed E-state index contributed by atoms with van der Waals surface area (Å²) in [6.45, 7) is 5.15. The summed E-state index contributed by atoms with van der Waals surface area (Å²) in [6.07, 6.45) is 2.04. The maximum absolute atomic E-state index is 13.6. The summed E-state index contributed by atoms with van der Waals surface area (Å²) in [5.74, 6) is -0.872. The van der Waals surface area contributed by atoms with E-state index in [1.807, 2.05) is 13.8 Å². The van der Waals surface area contributed by atoms with Crippen LogP contribution in [0.3, 0.4) is 0 Å². The minimum Gasteiger partial charge on any atom is -0.352 e. The Bertz CT molecular complexity index is 1140. The van der Waals surface area contributed by atoms with Crippen LogP contribution in [-0.2, 0) is 26.2 Å². The second-order valence-corrected chi connectivity index (χ2v) is 11.4. The lowest BCUT2D eigenvalue weighted by molar-refractivity contribution is -0.140. The van der Waals surface area contributed by atoms with Crippen molar-refractivity contribution in [2.45, 2.75) is 52.2 Å². The number of rotatable bonds is 11. The van der Waals surface area contributed by atoms with E-state index in [1.54, 1.807) is 31.2 Å². The lowest BCUT2D eigenvalue weighted by Crippen LogP contribution is -2.53. The number of nitrogens with zero attached hydrogens (tertiary/aromatic N) is 2. The number of halogens is 3. The average molecular weight is 563 g/mol. The normalized spacial score (nSPS) is 13.1. The monoisotopic (exact) mass is 561 g/mol. The van der Waals surface area contributed by atoms with Crippen molar-refractivity contribution in [3.05, 3.63) is 63.1 Å². The third-order valence-electron chi connectivity index (χ3n) is 5.51. The molecule has 0 saturated heterocycles. The first kappa shape index (κ1) is 29.2. The van der Waals surface area contributed by atoms with Crippen LogP contribution in [0.1, 0.15) is 39.2 Å². The Kier molecular flexibility index (Phi) is 10.7. The summed E-state index contributed by atoms with van der Waals surface area (Å²) in [4.78, 5) is 28.1. The Morgan fingerprint density at radius 3 is 2.11 bits per heavy atom. The van der Waals surface area contributed by atoms with Gasteiger partial charge in [-0.15, -0.1) is 0 Å². The Hall–Kier alpha value is -2.00. The van der Waals surface area contributed by atoms with E-state index in [0.29, 0.717) is 11.4 Å². The summed E-state index contributed by atoms with van der Waals surface area (Å²) >= 11 is 18.3. The smallest absolute Gasteiger partial charge is 0.244 e. The van der Waals surface area contributed by atoms with E-state index < -0.39 is 28.5 Å². The maximum Gasteiger partial charge on any atom is 0.244 e. The van der Waals surface area contributed by atoms with Crippen molar-refractivity contribution >= 4 is 62.3 Å². The van der Waals surface area contributed by atoms with Crippen LogP contribution in [0.15, 0.2) is 42.5 Å². The molecule has 0 aliphatic heterocycles. The molecule has 0 unspecified atom stereocenters. The van der Waals surface area contributed by atoms with Crippen LogP contribution in [0.2, 0.25) is 15.1 Å². The fourth-order valence-electron chi connectivity index (χ4n) is 3.42. The number of hydrogen-bond acceptors (Lipinski definition) is 4. The molecule has 192 valence electrons. The van der Waals surface area contributed by atoms with Gasteiger partial charge < -0.3 is 10.2 Å². The number of carbonyl (C=O) groups is 2. The lowest BCUT2D eigenvalue weighted by Gasteiger charge is -2.33. The molecule has 0 radical (unpaired) electrons. The zero-order valence-corrected chi connectivity index (χ0v) is 23.2. The predicted octanol–water partition coefficient (Wildman–Crippen LogP) is 5.13. The average Bonchev–Trinajstić information content (AvgIpc) is 2.79. The number of sulfonamides is 1. The molecule has 0 aliphatic carbocycles. The zero-order valence-electron chi connectivity index (χ0n) is 20.1. The summed E-state index contributed by atoms with van der Waals surface area (Å²) in [5, 5.41) is 3.84. The number of amides is 2. The molecule has 11 heteroatoms. The van der Waals surface area contributed by atoms with Crippen molar-refractivity contribution in [1.29, 1.82) is 0 Å². The van der Waals surface area contributed by atoms with Crippen LogP contribution in [0, 0.1) is 0 Å². The molecular formula is C24H30Cl3N3O4S. The number of benzene rings is 2. The molecule has 2 amide bonds. The second-order valence-electron chi connectivity index (χ2n) is 8.26. The van der Waals surface area contributed by atoms with Gasteiger partial charge in [0.2, 0.25) is 21.8 Å². The van der Waals surface area contributed by atoms with Gasteiger partial charge in [-0.05, 0) is 55.7 Å². The molecule has 7 nitrogen and oxygen atoms in total. The van der Waals surface area contributed by atoms with Crippen LogP contribution >= 0.6 is 34.8 Å². The summed E-state index contributed by atoms with van der Waals surface area (Å²) < 4.78 is 26.2. The Labute approximate surface area is 222 Å². The van der Waals surface area contributed by atoms with E-state index in [0.717, 1.165) is 22.5 Å². The highest BCUT2D eigenvalue weighted by Gasteiger charge is 2.32. The molecule has 0 aliphatic rings. The molecule has 1 N–H and O–H groups in total. The van der Waals surface area contributed by atoms with E-state index in [1.165, 1.54) is 23.1 Å². The van der Waals surface area contributed by atoms with Crippen LogP contribution in [0.4, 0.5) is 5.69 Å². The Morgan fingerprint density at radius 2 is 1.57 bits per heavy atom. The molecule has 0 fully saturated rings. The molecule has 0 spiro atoms. The van der Waals surface area contributed by atoms with Crippen molar-refractivity contribution in [1.82, 2.24) is 10.2 Å². The predicted molar refractivity (Wildman–Crippen MR) is 143 cm³/mol. The molecule has 0 aromatic heterocycles. The largest absolute Gasteiger partial charge is 0.352 e. The van der Waals surface area contributed by atoms with E-state index >= 15 is 0 Å². The van der Waals surface area contributed by atoms with Gasteiger partial charge in [-0.25, -0.2) is 8.42 Å². The van der Waals surface area contributed by atoms with E-state index in [2.05, 4.69) is 5.32 Å². The van der Waals surface area contributed by atoms with Gasteiger partial charge in [0, 0.05) is 22.6 Å². The van der Waals surface area contributed by atoms with Crippen molar-refractivity contribution < 1.29 is 18.0 Å². The molecular weight excluding hydrogens is 533 g/mol. The van der Waals surface area contributed by atoms with Gasteiger partial charge in [-0.3, -0.25) is 13.9 Å². The summed E-state index contributed by atoms with van der Waals surface area (Å²) in [6, 6.07) is 10.4. The minimum atomic E-state index is -3.92. The van der Waals surface area contributed by atoms with Gasteiger partial charge in [-0.2, -0.15) is 0 Å². The van der Waals surface area contributed by atoms with E-state index in [-0.39, 0.29) is 34.2 Å². The molecule has 2 aromatic rings. The van der Waals surface area contributed by atoms with Crippen LogP contribution in [0.25, 0.3) is 0 Å². The number of anilines is 1. The number of hydrogen-bond donors (Lipinski definition) is 1. The molecule has 0 heterocycles. The van der Waals surface area contributed by atoms with Gasteiger partial charge in [0.05, 0.1) is 17.0 Å². The first-order chi connectivity index (χ1) is 16.4.